The van der Waals surface area contributed by atoms with E-state index >= 15 is 0 Å². The first-order valence-corrected chi connectivity index (χ1v) is 10.2. The summed E-state index contributed by atoms with van der Waals surface area (Å²) in [5.41, 5.74) is 1.32. The highest BCUT2D eigenvalue weighted by molar-refractivity contribution is 6.02. The Bertz CT molecular complexity index is 781. The Morgan fingerprint density at radius 2 is 1.93 bits per heavy atom. The number of carbonyl (C=O) groups is 3. The fourth-order valence-corrected chi connectivity index (χ4v) is 5.10. The molecule has 0 aromatic heterocycles. The van der Waals surface area contributed by atoms with Crippen molar-refractivity contribution >= 4 is 29.2 Å². The van der Waals surface area contributed by atoms with Crippen molar-refractivity contribution in [2.24, 2.45) is 5.92 Å². The summed E-state index contributed by atoms with van der Waals surface area (Å²) in [6.45, 7) is 0.725. The Balaban J connectivity index is 1.48. The van der Waals surface area contributed by atoms with E-state index in [-0.39, 0.29) is 24.4 Å². The summed E-state index contributed by atoms with van der Waals surface area (Å²) in [4.78, 5) is 40.2. The molecule has 3 unspecified atom stereocenters. The fourth-order valence-electron chi connectivity index (χ4n) is 5.10. The van der Waals surface area contributed by atoms with E-state index < -0.39 is 12.0 Å². The van der Waals surface area contributed by atoms with Gasteiger partial charge in [-0.05, 0) is 43.7 Å². The lowest BCUT2D eigenvalue weighted by Crippen LogP contribution is -2.46. The quantitative estimate of drug-likeness (QED) is 0.813. The van der Waals surface area contributed by atoms with Gasteiger partial charge in [-0.15, -0.1) is 0 Å². The highest BCUT2D eigenvalue weighted by atomic mass is 16.4. The van der Waals surface area contributed by atoms with Gasteiger partial charge in [0.15, 0.2) is 0 Å². The third-order valence-corrected chi connectivity index (χ3v) is 6.37. The van der Waals surface area contributed by atoms with Gasteiger partial charge in [0.2, 0.25) is 11.8 Å². The average Bonchev–Trinajstić information content (AvgIpc) is 3.26. The van der Waals surface area contributed by atoms with Crippen LogP contribution in [0.2, 0.25) is 0 Å². The number of likely N-dealkylation sites (tertiary alicyclic amines) is 1. The van der Waals surface area contributed by atoms with Crippen LogP contribution in [0.25, 0.3) is 0 Å². The maximum atomic E-state index is 12.8. The van der Waals surface area contributed by atoms with Crippen LogP contribution in [0.15, 0.2) is 24.3 Å². The van der Waals surface area contributed by atoms with Crippen molar-refractivity contribution in [3.05, 3.63) is 24.3 Å². The molecule has 0 spiro atoms. The standard InChI is InChI=1S/C21H27N3O4/c25-19(13-24-16-8-3-1-6-14(16)12-18(24)21(27)28)22-15-7-2-4-9-17(15)23-11-5-10-20(23)26/h2,4,7,9,14,16,18H,1,3,5-6,8,10-13H2,(H,22,25)(H,27,28). The van der Waals surface area contributed by atoms with Crippen LogP contribution in [-0.4, -0.2) is 53.0 Å². The van der Waals surface area contributed by atoms with Crippen LogP contribution in [0, 0.1) is 5.92 Å². The minimum atomic E-state index is -0.842. The molecule has 1 aliphatic carbocycles. The van der Waals surface area contributed by atoms with Crippen LogP contribution >= 0.6 is 0 Å². The molecule has 2 heterocycles. The van der Waals surface area contributed by atoms with E-state index in [9.17, 15) is 19.5 Å². The van der Waals surface area contributed by atoms with Crippen molar-refractivity contribution in [1.29, 1.82) is 0 Å². The molecular weight excluding hydrogens is 358 g/mol. The second kappa shape index (κ2) is 7.91. The van der Waals surface area contributed by atoms with E-state index in [1.165, 1.54) is 0 Å². The molecule has 1 saturated carbocycles. The first-order valence-electron chi connectivity index (χ1n) is 10.2. The molecule has 1 aromatic carbocycles. The minimum absolute atomic E-state index is 0.0669. The number of anilines is 2. The summed E-state index contributed by atoms with van der Waals surface area (Å²) >= 11 is 0. The predicted molar refractivity (Wildman–Crippen MR) is 105 cm³/mol. The Morgan fingerprint density at radius 3 is 2.68 bits per heavy atom. The zero-order valence-corrected chi connectivity index (χ0v) is 16.0. The number of rotatable bonds is 5. The molecule has 28 heavy (non-hydrogen) atoms. The summed E-state index contributed by atoms with van der Waals surface area (Å²) in [6, 6.07) is 6.90. The number of hydrogen-bond donors (Lipinski definition) is 2. The summed E-state index contributed by atoms with van der Waals surface area (Å²) in [5, 5.41) is 12.6. The van der Waals surface area contributed by atoms with E-state index in [2.05, 4.69) is 5.32 Å². The van der Waals surface area contributed by atoms with Crippen molar-refractivity contribution < 1.29 is 19.5 Å². The minimum Gasteiger partial charge on any atom is -0.480 e. The molecule has 0 radical (unpaired) electrons. The van der Waals surface area contributed by atoms with Crippen molar-refractivity contribution in [2.45, 2.75) is 57.0 Å². The fraction of sp³-hybridized carbons (Fsp3) is 0.571. The number of para-hydroxylation sites is 2. The van der Waals surface area contributed by atoms with Crippen molar-refractivity contribution in [3.8, 4) is 0 Å². The largest absolute Gasteiger partial charge is 0.480 e. The summed E-state index contributed by atoms with van der Waals surface area (Å²) in [5.74, 6) is -0.628. The van der Waals surface area contributed by atoms with Gasteiger partial charge in [-0.2, -0.15) is 0 Å². The highest BCUT2D eigenvalue weighted by Gasteiger charge is 2.45. The molecular formula is C21H27N3O4. The monoisotopic (exact) mass is 385 g/mol. The lowest BCUT2D eigenvalue weighted by Gasteiger charge is -2.32. The smallest absolute Gasteiger partial charge is 0.320 e. The van der Waals surface area contributed by atoms with Crippen LogP contribution in [0.1, 0.15) is 44.9 Å². The summed E-state index contributed by atoms with van der Waals surface area (Å²) in [6.07, 6.45) is 6.22. The first kappa shape index (κ1) is 18.9. The van der Waals surface area contributed by atoms with E-state index in [1.807, 2.05) is 23.1 Å². The molecule has 2 saturated heterocycles. The number of hydrogen-bond acceptors (Lipinski definition) is 4. The maximum absolute atomic E-state index is 12.8. The molecule has 3 aliphatic rings. The number of nitrogens with zero attached hydrogens (tertiary/aromatic N) is 2. The molecule has 4 rings (SSSR count). The maximum Gasteiger partial charge on any atom is 0.320 e. The highest BCUT2D eigenvalue weighted by Crippen LogP contribution is 2.39. The second-order valence-electron chi connectivity index (χ2n) is 8.09. The molecule has 150 valence electrons. The molecule has 0 bridgehead atoms. The van der Waals surface area contributed by atoms with Crippen molar-refractivity contribution in [3.63, 3.8) is 0 Å². The number of aliphatic carboxylic acids is 1. The van der Waals surface area contributed by atoms with E-state index in [4.69, 9.17) is 0 Å². The molecule has 2 aliphatic heterocycles. The number of carboxylic acids is 1. The Kier molecular flexibility index (Phi) is 5.35. The molecule has 7 nitrogen and oxygen atoms in total. The van der Waals surface area contributed by atoms with Gasteiger partial charge in [-0.1, -0.05) is 25.0 Å². The second-order valence-corrected chi connectivity index (χ2v) is 8.09. The van der Waals surface area contributed by atoms with Gasteiger partial charge in [0.25, 0.3) is 0 Å². The summed E-state index contributed by atoms with van der Waals surface area (Å²) in [7, 11) is 0. The van der Waals surface area contributed by atoms with Gasteiger partial charge in [-0.25, -0.2) is 0 Å². The molecule has 3 fully saturated rings. The SMILES string of the molecule is O=C(CN1C(C(=O)O)CC2CCCCC21)Nc1ccccc1N1CCCC1=O. The van der Waals surface area contributed by atoms with Crippen molar-refractivity contribution in [2.75, 3.05) is 23.3 Å². The number of fused-ring (bicyclic) bond motifs is 1. The third-order valence-electron chi connectivity index (χ3n) is 6.37. The van der Waals surface area contributed by atoms with Gasteiger partial charge < -0.3 is 15.3 Å². The Morgan fingerprint density at radius 1 is 1.14 bits per heavy atom. The van der Waals surface area contributed by atoms with Crippen molar-refractivity contribution in [1.82, 2.24) is 4.90 Å². The van der Waals surface area contributed by atoms with E-state index in [0.717, 1.165) is 32.1 Å². The summed E-state index contributed by atoms with van der Waals surface area (Å²) < 4.78 is 0. The number of amides is 2. The van der Waals surface area contributed by atoms with Crippen LogP contribution < -0.4 is 10.2 Å². The molecule has 2 N–H and O–H groups in total. The predicted octanol–water partition coefficient (Wildman–Crippen LogP) is 2.47. The number of benzene rings is 1. The van der Waals surface area contributed by atoms with Gasteiger partial charge in [-0.3, -0.25) is 19.3 Å². The van der Waals surface area contributed by atoms with Crippen LogP contribution in [0.5, 0.6) is 0 Å². The van der Waals surface area contributed by atoms with Crippen LogP contribution in [0.4, 0.5) is 11.4 Å². The van der Waals surface area contributed by atoms with Gasteiger partial charge in [0, 0.05) is 19.0 Å². The number of nitrogens with one attached hydrogen (secondary N) is 1. The van der Waals surface area contributed by atoms with Crippen LogP contribution in [0.3, 0.4) is 0 Å². The number of carboxylic acid groups (broad SMARTS) is 1. The molecule has 2 amide bonds. The average molecular weight is 385 g/mol. The topological polar surface area (TPSA) is 89.9 Å². The van der Waals surface area contributed by atoms with E-state index in [1.54, 1.807) is 11.0 Å². The lowest BCUT2D eigenvalue weighted by atomic mass is 9.85. The number of carbonyl (C=O) groups excluding carboxylic acids is 2. The Hall–Kier alpha value is -2.41. The van der Waals surface area contributed by atoms with Crippen LogP contribution in [-0.2, 0) is 14.4 Å². The molecule has 7 heteroatoms. The van der Waals surface area contributed by atoms with E-state index in [0.29, 0.717) is 36.7 Å². The zero-order chi connectivity index (χ0) is 19.7. The Labute approximate surface area is 164 Å². The first-order chi connectivity index (χ1) is 13.5. The molecule has 3 atom stereocenters. The van der Waals surface area contributed by atoms with Gasteiger partial charge in [0.05, 0.1) is 17.9 Å². The lowest BCUT2D eigenvalue weighted by molar-refractivity contribution is -0.143. The van der Waals surface area contributed by atoms with Gasteiger partial charge in [0.1, 0.15) is 6.04 Å². The third kappa shape index (κ3) is 3.63. The van der Waals surface area contributed by atoms with Gasteiger partial charge >= 0.3 is 5.97 Å². The zero-order valence-electron chi connectivity index (χ0n) is 16.0. The molecule has 1 aromatic rings. The normalized spacial score (nSPS) is 27.6.